The summed E-state index contributed by atoms with van der Waals surface area (Å²) < 4.78 is 13.7. The summed E-state index contributed by atoms with van der Waals surface area (Å²) in [4.78, 5) is 16.0. The van der Waals surface area contributed by atoms with Crippen LogP contribution in [0.25, 0.3) is 0 Å². The Labute approximate surface area is 106 Å². The molecule has 1 aromatic rings. The van der Waals surface area contributed by atoms with Gasteiger partial charge in [0.05, 0.1) is 5.56 Å². The lowest BCUT2D eigenvalue weighted by Gasteiger charge is -2.20. The minimum Gasteiger partial charge on any atom is -0.399 e. The Kier molecular flexibility index (Phi) is 3.52. The van der Waals surface area contributed by atoms with Crippen LogP contribution in [0.15, 0.2) is 18.2 Å². The van der Waals surface area contributed by atoms with E-state index < -0.39 is 5.82 Å². The number of halogens is 1. The van der Waals surface area contributed by atoms with E-state index in [-0.39, 0.29) is 11.5 Å². The van der Waals surface area contributed by atoms with Crippen molar-refractivity contribution in [1.82, 2.24) is 9.80 Å². The van der Waals surface area contributed by atoms with Crippen LogP contribution in [-0.4, -0.2) is 48.9 Å². The van der Waals surface area contributed by atoms with Crippen LogP contribution in [0.5, 0.6) is 0 Å². The number of carbonyl (C=O) groups excluding carboxylic acids is 1. The summed E-state index contributed by atoms with van der Waals surface area (Å²) in [6, 6.07) is 4.55. The van der Waals surface area contributed by atoms with Crippen molar-refractivity contribution in [3.8, 4) is 0 Å². The van der Waals surface area contributed by atoms with E-state index in [2.05, 4.69) is 4.90 Å². The molecule has 0 unspecified atom stereocenters. The smallest absolute Gasteiger partial charge is 0.256 e. The molecule has 0 spiro atoms. The Morgan fingerprint density at radius 2 is 2.22 bits per heavy atom. The van der Waals surface area contributed by atoms with Crippen LogP contribution in [0.2, 0.25) is 0 Å². The minimum atomic E-state index is -0.548. The molecule has 1 atom stereocenters. The molecule has 0 bridgehead atoms. The van der Waals surface area contributed by atoms with Gasteiger partial charge in [0.15, 0.2) is 0 Å². The second-order valence-electron chi connectivity index (χ2n) is 4.90. The van der Waals surface area contributed by atoms with Gasteiger partial charge in [0.2, 0.25) is 0 Å². The molecular weight excluding hydrogens is 233 g/mol. The predicted octanol–water partition coefficient (Wildman–Crippen LogP) is 1.18. The number of likely N-dealkylation sites (N-methyl/N-ethyl adjacent to an activating group) is 1. The molecule has 2 N–H and O–H groups in total. The first-order valence-corrected chi connectivity index (χ1v) is 6.00. The van der Waals surface area contributed by atoms with Crippen molar-refractivity contribution >= 4 is 11.6 Å². The summed E-state index contributed by atoms with van der Waals surface area (Å²) in [5.41, 5.74) is 5.90. The van der Waals surface area contributed by atoms with Gasteiger partial charge in [0, 0.05) is 24.8 Å². The maximum absolute atomic E-state index is 13.7. The molecule has 0 aliphatic carbocycles. The van der Waals surface area contributed by atoms with Crippen LogP contribution >= 0.6 is 0 Å². The normalized spacial score (nSPS) is 19.6. The van der Waals surface area contributed by atoms with Crippen LogP contribution in [0.3, 0.4) is 0 Å². The molecule has 1 aromatic carbocycles. The number of nitrogens with two attached hydrogens (primary N) is 1. The number of nitrogen functional groups attached to an aromatic ring is 1. The number of hydrogen-bond acceptors (Lipinski definition) is 3. The van der Waals surface area contributed by atoms with Crippen LogP contribution < -0.4 is 5.73 Å². The van der Waals surface area contributed by atoms with Gasteiger partial charge in [-0.05, 0) is 38.7 Å². The highest BCUT2D eigenvalue weighted by atomic mass is 19.1. The number of benzene rings is 1. The maximum atomic E-state index is 13.7. The van der Waals surface area contributed by atoms with Crippen molar-refractivity contribution in [2.45, 2.75) is 12.5 Å². The quantitative estimate of drug-likeness (QED) is 0.803. The average Bonchev–Trinajstić information content (AvgIpc) is 2.77. The van der Waals surface area contributed by atoms with Gasteiger partial charge in [-0.25, -0.2) is 4.39 Å². The molecule has 1 aliphatic heterocycles. The fourth-order valence-corrected chi connectivity index (χ4v) is 2.22. The lowest BCUT2D eigenvalue weighted by molar-refractivity contribution is 0.0778. The number of nitrogens with zero attached hydrogens (tertiary/aromatic N) is 2. The first kappa shape index (κ1) is 12.8. The molecule has 0 saturated carbocycles. The van der Waals surface area contributed by atoms with Gasteiger partial charge < -0.3 is 15.5 Å². The Hall–Kier alpha value is -1.62. The lowest BCUT2D eigenvalue weighted by Crippen LogP contribution is -2.34. The number of carbonyl (C=O) groups is 1. The predicted molar refractivity (Wildman–Crippen MR) is 68.8 cm³/mol. The highest BCUT2D eigenvalue weighted by Crippen LogP contribution is 2.19. The van der Waals surface area contributed by atoms with E-state index in [1.807, 2.05) is 14.1 Å². The second-order valence-corrected chi connectivity index (χ2v) is 4.90. The van der Waals surface area contributed by atoms with Gasteiger partial charge in [-0.1, -0.05) is 0 Å². The minimum absolute atomic E-state index is 0.101. The molecular formula is C13H18FN3O. The van der Waals surface area contributed by atoms with Gasteiger partial charge in [-0.3, -0.25) is 4.79 Å². The monoisotopic (exact) mass is 251 g/mol. The Balaban J connectivity index is 2.13. The largest absolute Gasteiger partial charge is 0.399 e. The summed E-state index contributed by atoms with van der Waals surface area (Å²) in [5.74, 6) is -0.801. The maximum Gasteiger partial charge on any atom is 0.256 e. The molecule has 1 amide bonds. The average molecular weight is 251 g/mol. The Morgan fingerprint density at radius 1 is 1.50 bits per heavy atom. The number of amides is 1. The van der Waals surface area contributed by atoms with E-state index in [9.17, 15) is 9.18 Å². The molecule has 98 valence electrons. The summed E-state index contributed by atoms with van der Waals surface area (Å²) >= 11 is 0. The van der Waals surface area contributed by atoms with Gasteiger partial charge >= 0.3 is 0 Å². The molecule has 1 saturated heterocycles. The molecule has 1 fully saturated rings. The summed E-state index contributed by atoms with van der Waals surface area (Å²) in [6.07, 6.45) is 0.926. The van der Waals surface area contributed by atoms with Gasteiger partial charge in [-0.15, -0.1) is 0 Å². The fourth-order valence-electron chi connectivity index (χ4n) is 2.22. The van der Waals surface area contributed by atoms with Crippen LogP contribution in [0.1, 0.15) is 16.8 Å². The SMILES string of the molecule is CN(C)[C@H]1CCN(C(=O)c2ccc(N)cc2F)C1. The Morgan fingerprint density at radius 3 is 2.78 bits per heavy atom. The molecule has 1 heterocycles. The van der Waals surface area contributed by atoms with E-state index in [1.165, 1.54) is 12.1 Å². The first-order chi connectivity index (χ1) is 8.49. The summed E-state index contributed by atoms with van der Waals surface area (Å²) in [6.45, 7) is 1.32. The zero-order valence-corrected chi connectivity index (χ0v) is 10.7. The third-order valence-corrected chi connectivity index (χ3v) is 3.40. The third kappa shape index (κ3) is 2.46. The number of rotatable bonds is 2. The van der Waals surface area contributed by atoms with Crippen LogP contribution in [0, 0.1) is 5.82 Å². The molecule has 18 heavy (non-hydrogen) atoms. The number of anilines is 1. The van der Waals surface area contributed by atoms with E-state index >= 15 is 0 Å². The third-order valence-electron chi connectivity index (χ3n) is 3.40. The standard InChI is InChI=1S/C13H18FN3O/c1-16(2)10-5-6-17(8-10)13(18)11-4-3-9(15)7-12(11)14/h3-4,7,10H,5-6,8,15H2,1-2H3/t10-/m0/s1. The lowest BCUT2D eigenvalue weighted by atomic mass is 10.1. The first-order valence-electron chi connectivity index (χ1n) is 6.00. The van der Waals surface area contributed by atoms with Gasteiger partial charge in [-0.2, -0.15) is 0 Å². The molecule has 0 radical (unpaired) electrons. The molecule has 1 aliphatic rings. The highest BCUT2D eigenvalue weighted by Gasteiger charge is 2.29. The molecule has 5 heteroatoms. The second kappa shape index (κ2) is 4.94. The van der Waals surface area contributed by atoms with E-state index in [0.717, 1.165) is 6.42 Å². The van der Waals surface area contributed by atoms with Crippen molar-refractivity contribution in [1.29, 1.82) is 0 Å². The van der Waals surface area contributed by atoms with E-state index in [0.29, 0.717) is 24.8 Å². The van der Waals surface area contributed by atoms with Crippen molar-refractivity contribution in [2.75, 3.05) is 32.9 Å². The topological polar surface area (TPSA) is 49.6 Å². The highest BCUT2D eigenvalue weighted by molar-refractivity contribution is 5.95. The van der Waals surface area contributed by atoms with Crippen molar-refractivity contribution < 1.29 is 9.18 Å². The van der Waals surface area contributed by atoms with Crippen LogP contribution in [-0.2, 0) is 0 Å². The van der Waals surface area contributed by atoms with E-state index in [1.54, 1.807) is 11.0 Å². The van der Waals surface area contributed by atoms with E-state index in [4.69, 9.17) is 5.73 Å². The fraction of sp³-hybridized carbons (Fsp3) is 0.462. The molecule has 4 nitrogen and oxygen atoms in total. The summed E-state index contributed by atoms with van der Waals surface area (Å²) in [5, 5.41) is 0. The molecule has 0 aromatic heterocycles. The van der Waals surface area contributed by atoms with Crippen molar-refractivity contribution in [3.05, 3.63) is 29.6 Å². The Bertz CT molecular complexity index is 462. The van der Waals surface area contributed by atoms with Gasteiger partial charge in [0.25, 0.3) is 5.91 Å². The number of likely N-dealkylation sites (tertiary alicyclic amines) is 1. The molecule has 2 rings (SSSR count). The van der Waals surface area contributed by atoms with Crippen molar-refractivity contribution in [2.24, 2.45) is 0 Å². The van der Waals surface area contributed by atoms with Gasteiger partial charge in [0.1, 0.15) is 5.82 Å². The zero-order chi connectivity index (χ0) is 13.3. The van der Waals surface area contributed by atoms with Crippen LogP contribution in [0.4, 0.5) is 10.1 Å². The zero-order valence-electron chi connectivity index (χ0n) is 10.7. The van der Waals surface area contributed by atoms with Crippen molar-refractivity contribution in [3.63, 3.8) is 0 Å². The summed E-state index contributed by atoms with van der Waals surface area (Å²) in [7, 11) is 3.98. The number of hydrogen-bond donors (Lipinski definition) is 1.